The van der Waals surface area contributed by atoms with Crippen LogP contribution in [0.15, 0.2) is 35.7 Å². The van der Waals surface area contributed by atoms with Crippen LogP contribution < -0.4 is 5.32 Å². The van der Waals surface area contributed by atoms with Crippen LogP contribution >= 0.6 is 22.9 Å². The number of nitrogens with one attached hydrogen (secondary N) is 1. The van der Waals surface area contributed by atoms with E-state index in [9.17, 15) is 14.9 Å². The smallest absolute Gasteiger partial charge is 0.270 e. The van der Waals surface area contributed by atoms with Crippen molar-refractivity contribution in [3.05, 3.63) is 61.3 Å². The number of carbonyl (C=O) groups excluding carboxylic acids is 1. The molecule has 1 amide bonds. The summed E-state index contributed by atoms with van der Waals surface area (Å²) in [5.41, 5.74) is -0.0447. The van der Waals surface area contributed by atoms with E-state index in [1.807, 2.05) is 11.4 Å². The maximum Gasteiger partial charge on any atom is 0.270 e. The fourth-order valence-corrected chi connectivity index (χ4v) is 4.25. The number of thiophene rings is 1. The Labute approximate surface area is 153 Å². The number of carbonyl (C=O) groups is 1. The lowest BCUT2D eigenvalue weighted by atomic mass is 9.78. The van der Waals surface area contributed by atoms with Crippen LogP contribution in [0.25, 0.3) is 0 Å². The predicted molar refractivity (Wildman–Crippen MR) is 96.5 cm³/mol. The van der Waals surface area contributed by atoms with Gasteiger partial charge in [0, 0.05) is 42.2 Å². The van der Waals surface area contributed by atoms with Crippen LogP contribution in [0.4, 0.5) is 5.69 Å². The molecular weight excluding hydrogens is 364 g/mol. The zero-order valence-corrected chi connectivity index (χ0v) is 14.9. The molecule has 2 heterocycles. The maximum atomic E-state index is 12.5. The molecule has 0 radical (unpaired) electrons. The average molecular weight is 381 g/mol. The Morgan fingerprint density at radius 2 is 2.12 bits per heavy atom. The Morgan fingerprint density at radius 3 is 2.72 bits per heavy atom. The van der Waals surface area contributed by atoms with Crippen molar-refractivity contribution in [2.24, 2.45) is 0 Å². The van der Waals surface area contributed by atoms with Crippen molar-refractivity contribution in [1.82, 2.24) is 5.32 Å². The number of rotatable bonds is 5. The molecule has 1 fully saturated rings. The molecule has 8 heteroatoms. The fourth-order valence-electron chi connectivity index (χ4n) is 3.00. The van der Waals surface area contributed by atoms with Gasteiger partial charge in [-0.2, -0.15) is 0 Å². The Balaban J connectivity index is 1.75. The Hall–Kier alpha value is -1.96. The minimum Gasteiger partial charge on any atom is -0.381 e. The number of non-ortho nitro benzene ring substituents is 1. The Morgan fingerprint density at radius 1 is 1.36 bits per heavy atom. The molecular formula is C17H17ClN2O4S. The maximum absolute atomic E-state index is 12.5. The molecule has 0 saturated carbocycles. The largest absolute Gasteiger partial charge is 0.381 e. The van der Waals surface area contributed by atoms with Gasteiger partial charge in [-0.15, -0.1) is 11.3 Å². The first-order valence-electron chi connectivity index (χ1n) is 7.86. The molecule has 0 spiro atoms. The van der Waals surface area contributed by atoms with E-state index in [-0.39, 0.29) is 27.6 Å². The second kappa shape index (κ2) is 7.51. The monoisotopic (exact) mass is 380 g/mol. The number of benzene rings is 1. The third kappa shape index (κ3) is 3.84. The van der Waals surface area contributed by atoms with E-state index in [0.29, 0.717) is 19.8 Å². The average Bonchev–Trinajstić information content (AvgIpc) is 3.15. The zero-order chi connectivity index (χ0) is 17.9. The van der Waals surface area contributed by atoms with Crippen molar-refractivity contribution in [2.45, 2.75) is 18.3 Å². The standard InChI is InChI=1S/C17H17ClN2O4S/c18-14-10-12(20(22)23)3-4-13(14)16(21)19-11-17(5-7-24-8-6-17)15-2-1-9-25-15/h1-4,9-10H,5-8,11H2,(H,19,21). The van der Waals surface area contributed by atoms with E-state index in [1.54, 1.807) is 11.3 Å². The molecule has 0 unspecified atom stereocenters. The molecule has 0 atom stereocenters. The Kier molecular flexibility index (Phi) is 5.36. The first-order valence-corrected chi connectivity index (χ1v) is 9.11. The molecule has 0 aliphatic carbocycles. The fraction of sp³-hybridized carbons (Fsp3) is 0.353. The second-order valence-electron chi connectivity index (χ2n) is 5.97. The van der Waals surface area contributed by atoms with Gasteiger partial charge in [0.25, 0.3) is 11.6 Å². The highest BCUT2D eigenvalue weighted by Crippen LogP contribution is 2.37. The number of ether oxygens (including phenoxy) is 1. The summed E-state index contributed by atoms with van der Waals surface area (Å²) < 4.78 is 5.48. The van der Waals surface area contributed by atoms with Gasteiger partial charge in [-0.25, -0.2) is 0 Å². The number of hydrogen-bond acceptors (Lipinski definition) is 5. The highest BCUT2D eigenvalue weighted by molar-refractivity contribution is 7.10. The highest BCUT2D eigenvalue weighted by atomic mass is 35.5. The first kappa shape index (κ1) is 17.8. The Bertz CT molecular complexity index is 773. The van der Waals surface area contributed by atoms with Gasteiger partial charge in [0.15, 0.2) is 0 Å². The summed E-state index contributed by atoms with van der Waals surface area (Å²) >= 11 is 7.72. The molecule has 1 aliphatic heterocycles. The van der Waals surface area contributed by atoms with Crippen LogP contribution in [0, 0.1) is 10.1 Å². The van der Waals surface area contributed by atoms with Gasteiger partial charge in [0.05, 0.1) is 15.5 Å². The molecule has 1 aromatic heterocycles. The number of nitro benzene ring substituents is 1. The van der Waals surface area contributed by atoms with Crippen molar-refractivity contribution in [1.29, 1.82) is 0 Å². The van der Waals surface area contributed by atoms with Crippen molar-refractivity contribution in [3.8, 4) is 0 Å². The third-order valence-electron chi connectivity index (χ3n) is 4.49. The number of nitro groups is 1. The van der Waals surface area contributed by atoms with Crippen LogP contribution in [0.5, 0.6) is 0 Å². The van der Waals surface area contributed by atoms with Crippen LogP contribution in [0.2, 0.25) is 5.02 Å². The van der Waals surface area contributed by atoms with Crippen molar-refractivity contribution >= 4 is 34.5 Å². The van der Waals surface area contributed by atoms with Crippen molar-refractivity contribution < 1.29 is 14.5 Å². The van der Waals surface area contributed by atoms with Gasteiger partial charge < -0.3 is 10.1 Å². The normalized spacial score (nSPS) is 16.4. The number of nitrogens with zero attached hydrogens (tertiary/aromatic N) is 1. The van der Waals surface area contributed by atoms with E-state index < -0.39 is 4.92 Å². The molecule has 1 aliphatic rings. The summed E-state index contributed by atoms with van der Waals surface area (Å²) in [5, 5.41) is 15.8. The SMILES string of the molecule is O=C(NCC1(c2cccs2)CCOCC1)c1ccc([N+](=O)[O-])cc1Cl. The van der Waals surface area contributed by atoms with E-state index in [1.165, 1.54) is 23.1 Å². The molecule has 1 saturated heterocycles. The molecule has 6 nitrogen and oxygen atoms in total. The molecule has 3 rings (SSSR count). The number of amides is 1. The molecule has 1 aromatic carbocycles. The topological polar surface area (TPSA) is 81.5 Å². The van der Waals surface area contributed by atoms with Crippen molar-refractivity contribution in [3.63, 3.8) is 0 Å². The van der Waals surface area contributed by atoms with Gasteiger partial charge in [-0.3, -0.25) is 14.9 Å². The second-order valence-corrected chi connectivity index (χ2v) is 7.33. The lowest BCUT2D eigenvalue weighted by Crippen LogP contribution is -2.44. The van der Waals surface area contributed by atoms with Crippen LogP contribution in [-0.4, -0.2) is 30.6 Å². The summed E-state index contributed by atoms with van der Waals surface area (Å²) in [7, 11) is 0. The van der Waals surface area contributed by atoms with Gasteiger partial charge in [-0.05, 0) is 30.4 Å². The quantitative estimate of drug-likeness (QED) is 0.632. The lowest BCUT2D eigenvalue weighted by Gasteiger charge is -2.36. The van der Waals surface area contributed by atoms with Gasteiger partial charge in [0.1, 0.15) is 0 Å². The first-order chi connectivity index (χ1) is 12.0. The highest BCUT2D eigenvalue weighted by Gasteiger charge is 2.36. The lowest BCUT2D eigenvalue weighted by molar-refractivity contribution is -0.384. The summed E-state index contributed by atoms with van der Waals surface area (Å²) in [6.45, 7) is 1.79. The molecule has 1 N–H and O–H groups in total. The van der Waals surface area contributed by atoms with Gasteiger partial charge in [0.2, 0.25) is 0 Å². The summed E-state index contributed by atoms with van der Waals surface area (Å²) in [6, 6.07) is 7.95. The molecule has 2 aromatic rings. The van der Waals surface area contributed by atoms with Crippen LogP contribution in [0.3, 0.4) is 0 Å². The van der Waals surface area contributed by atoms with Crippen LogP contribution in [-0.2, 0) is 10.2 Å². The zero-order valence-electron chi connectivity index (χ0n) is 13.4. The summed E-state index contributed by atoms with van der Waals surface area (Å²) in [5.74, 6) is -0.331. The van der Waals surface area contributed by atoms with Crippen LogP contribution in [0.1, 0.15) is 28.1 Å². The number of halogens is 1. The van der Waals surface area contributed by atoms with Gasteiger partial charge >= 0.3 is 0 Å². The summed E-state index contributed by atoms with van der Waals surface area (Å²) in [4.78, 5) is 24.0. The molecule has 0 bridgehead atoms. The minimum atomic E-state index is -0.540. The van der Waals surface area contributed by atoms with E-state index in [0.717, 1.165) is 12.8 Å². The third-order valence-corrected chi connectivity index (χ3v) is 5.92. The van der Waals surface area contributed by atoms with E-state index >= 15 is 0 Å². The molecule has 25 heavy (non-hydrogen) atoms. The number of hydrogen-bond donors (Lipinski definition) is 1. The van der Waals surface area contributed by atoms with Crippen molar-refractivity contribution in [2.75, 3.05) is 19.8 Å². The summed E-state index contributed by atoms with van der Waals surface area (Å²) in [6.07, 6.45) is 1.67. The van der Waals surface area contributed by atoms with E-state index in [2.05, 4.69) is 11.4 Å². The molecule has 132 valence electrons. The van der Waals surface area contributed by atoms with E-state index in [4.69, 9.17) is 16.3 Å². The minimum absolute atomic E-state index is 0.0730. The predicted octanol–water partition coefficient (Wildman–Crippen LogP) is 3.79. The van der Waals surface area contributed by atoms with Gasteiger partial charge in [-0.1, -0.05) is 17.7 Å².